The fourth-order valence-corrected chi connectivity index (χ4v) is 2.33. The molecular formula is C15H9ClN4. The van der Waals surface area contributed by atoms with Crippen LogP contribution in [0.5, 0.6) is 0 Å². The molecule has 4 aromatic rings. The zero-order chi connectivity index (χ0) is 13.5. The zero-order valence-corrected chi connectivity index (χ0v) is 11.1. The number of rotatable bonds is 1. The Bertz CT molecular complexity index is 912. The molecule has 0 aliphatic carbocycles. The number of halogens is 1. The first-order chi connectivity index (χ1) is 9.81. The van der Waals surface area contributed by atoms with E-state index in [1.54, 1.807) is 10.8 Å². The molecule has 5 heteroatoms. The summed E-state index contributed by atoms with van der Waals surface area (Å²) in [6.07, 6.45) is 1.68. The van der Waals surface area contributed by atoms with Gasteiger partial charge in [-0.1, -0.05) is 23.7 Å². The molecule has 0 aliphatic heterocycles. The Kier molecular flexibility index (Phi) is 2.44. The van der Waals surface area contributed by atoms with Crippen LogP contribution >= 0.6 is 11.6 Å². The molecule has 96 valence electrons. The number of hydrogen-bond acceptors (Lipinski definition) is 3. The number of hydrogen-bond donors (Lipinski definition) is 0. The highest BCUT2D eigenvalue weighted by Crippen LogP contribution is 2.22. The molecule has 0 radical (unpaired) electrons. The van der Waals surface area contributed by atoms with E-state index in [9.17, 15) is 0 Å². The van der Waals surface area contributed by atoms with Gasteiger partial charge in [0.1, 0.15) is 6.33 Å². The van der Waals surface area contributed by atoms with Crippen molar-refractivity contribution in [1.82, 2.24) is 19.6 Å². The van der Waals surface area contributed by atoms with E-state index in [4.69, 9.17) is 11.6 Å². The molecule has 4 rings (SSSR count). The second-order valence-corrected chi connectivity index (χ2v) is 4.91. The van der Waals surface area contributed by atoms with Crippen LogP contribution in [0, 0.1) is 0 Å². The normalized spacial score (nSPS) is 11.2. The summed E-state index contributed by atoms with van der Waals surface area (Å²) in [5.41, 5.74) is 2.65. The number of fused-ring (bicyclic) bond motifs is 3. The van der Waals surface area contributed by atoms with Crippen molar-refractivity contribution in [3.63, 3.8) is 0 Å². The second kappa shape index (κ2) is 4.28. The van der Waals surface area contributed by atoms with Gasteiger partial charge in [-0.25, -0.2) is 14.5 Å². The highest BCUT2D eigenvalue weighted by Gasteiger charge is 2.09. The van der Waals surface area contributed by atoms with Gasteiger partial charge in [0.15, 0.2) is 11.5 Å². The Balaban J connectivity index is 1.98. The van der Waals surface area contributed by atoms with Crippen LogP contribution in [-0.4, -0.2) is 19.6 Å². The topological polar surface area (TPSA) is 43.1 Å². The van der Waals surface area contributed by atoms with Crippen LogP contribution in [0.15, 0.2) is 54.9 Å². The van der Waals surface area contributed by atoms with Crippen molar-refractivity contribution in [2.75, 3.05) is 0 Å². The summed E-state index contributed by atoms with van der Waals surface area (Å²) >= 11 is 5.90. The Morgan fingerprint density at radius 2 is 1.75 bits per heavy atom. The molecule has 2 aromatic heterocycles. The first-order valence-corrected chi connectivity index (χ1v) is 6.55. The van der Waals surface area contributed by atoms with E-state index >= 15 is 0 Å². The molecule has 0 N–H and O–H groups in total. The molecular weight excluding hydrogens is 272 g/mol. The van der Waals surface area contributed by atoms with Gasteiger partial charge in [0.25, 0.3) is 0 Å². The van der Waals surface area contributed by atoms with Gasteiger partial charge in [-0.05, 0) is 36.4 Å². The van der Waals surface area contributed by atoms with Crippen LogP contribution in [-0.2, 0) is 0 Å². The lowest BCUT2D eigenvalue weighted by atomic mass is 10.2. The Hall–Kier alpha value is -2.46. The van der Waals surface area contributed by atoms with Gasteiger partial charge in [0, 0.05) is 16.0 Å². The van der Waals surface area contributed by atoms with E-state index in [-0.39, 0.29) is 0 Å². The lowest BCUT2D eigenvalue weighted by molar-refractivity contribution is 0.938. The van der Waals surface area contributed by atoms with Gasteiger partial charge < -0.3 is 0 Å². The van der Waals surface area contributed by atoms with Crippen LogP contribution in [0.25, 0.3) is 27.9 Å². The first kappa shape index (κ1) is 11.4. The Morgan fingerprint density at radius 1 is 0.950 bits per heavy atom. The summed E-state index contributed by atoms with van der Waals surface area (Å²) in [5.74, 6) is 0.666. The van der Waals surface area contributed by atoms with Gasteiger partial charge in [-0.2, -0.15) is 0 Å². The predicted octanol–water partition coefficient (Wildman–Crippen LogP) is 3.60. The predicted molar refractivity (Wildman–Crippen MR) is 78.7 cm³/mol. The monoisotopic (exact) mass is 280 g/mol. The molecule has 0 bridgehead atoms. The lowest BCUT2D eigenvalue weighted by Gasteiger charge is -1.96. The number of aromatic nitrogens is 4. The first-order valence-electron chi connectivity index (χ1n) is 6.17. The largest absolute Gasteiger partial charge is 0.236 e. The van der Waals surface area contributed by atoms with E-state index in [2.05, 4.69) is 15.1 Å². The van der Waals surface area contributed by atoms with Crippen LogP contribution in [0.3, 0.4) is 0 Å². The fraction of sp³-hybridized carbons (Fsp3) is 0. The second-order valence-electron chi connectivity index (χ2n) is 4.47. The van der Waals surface area contributed by atoms with Gasteiger partial charge in [-0.3, -0.25) is 0 Å². The zero-order valence-electron chi connectivity index (χ0n) is 10.4. The highest BCUT2D eigenvalue weighted by atomic mass is 35.5. The minimum atomic E-state index is 0.666. The molecule has 0 saturated carbocycles. The summed E-state index contributed by atoms with van der Waals surface area (Å²) in [6, 6.07) is 15.4. The SMILES string of the molecule is Clc1ccc(-c2nc3c4ccccc4ncn3n2)cc1. The average molecular weight is 281 g/mol. The molecule has 0 aliphatic rings. The van der Waals surface area contributed by atoms with Gasteiger partial charge in [-0.15, -0.1) is 5.10 Å². The number of nitrogens with zero attached hydrogens (tertiary/aromatic N) is 4. The third-order valence-corrected chi connectivity index (χ3v) is 3.44. The lowest BCUT2D eigenvalue weighted by Crippen LogP contribution is -1.90. The third-order valence-electron chi connectivity index (χ3n) is 3.18. The third kappa shape index (κ3) is 1.73. The molecule has 0 unspecified atom stereocenters. The van der Waals surface area contributed by atoms with Crippen LogP contribution in [0.1, 0.15) is 0 Å². The molecule has 20 heavy (non-hydrogen) atoms. The fourth-order valence-electron chi connectivity index (χ4n) is 2.20. The van der Waals surface area contributed by atoms with E-state index in [0.29, 0.717) is 10.8 Å². The summed E-state index contributed by atoms with van der Waals surface area (Å²) in [5, 5.41) is 6.15. The maximum Gasteiger partial charge on any atom is 0.182 e. The van der Waals surface area contributed by atoms with E-state index in [1.165, 1.54) is 0 Å². The van der Waals surface area contributed by atoms with E-state index < -0.39 is 0 Å². The molecule has 0 atom stereocenters. The van der Waals surface area contributed by atoms with Crippen LogP contribution < -0.4 is 0 Å². The Morgan fingerprint density at radius 3 is 2.60 bits per heavy atom. The molecule has 0 spiro atoms. The van der Waals surface area contributed by atoms with Crippen molar-refractivity contribution in [3.05, 3.63) is 59.9 Å². The number of para-hydroxylation sites is 1. The number of benzene rings is 2. The summed E-state index contributed by atoms with van der Waals surface area (Å²) in [6.45, 7) is 0. The molecule has 0 fully saturated rings. The maximum absolute atomic E-state index is 5.90. The van der Waals surface area contributed by atoms with E-state index in [1.807, 2.05) is 48.5 Å². The average Bonchev–Trinajstić information content (AvgIpc) is 2.92. The van der Waals surface area contributed by atoms with Crippen molar-refractivity contribution in [2.45, 2.75) is 0 Å². The van der Waals surface area contributed by atoms with Crippen molar-refractivity contribution in [3.8, 4) is 11.4 Å². The van der Waals surface area contributed by atoms with Crippen molar-refractivity contribution < 1.29 is 0 Å². The van der Waals surface area contributed by atoms with Crippen LogP contribution in [0.4, 0.5) is 0 Å². The molecule has 4 nitrogen and oxygen atoms in total. The quantitative estimate of drug-likeness (QED) is 0.535. The molecule has 2 heterocycles. The van der Waals surface area contributed by atoms with Crippen molar-refractivity contribution in [2.24, 2.45) is 0 Å². The van der Waals surface area contributed by atoms with Gasteiger partial charge >= 0.3 is 0 Å². The summed E-state index contributed by atoms with van der Waals surface area (Å²) in [7, 11) is 0. The van der Waals surface area contributed by atoms with Crippen LogP contribution in [0.2, 0.25) is 5.02 Å². The minimum Gasteiger partial charge on any atom is -0.236 e. The molecule has 0 saturated heterocycles. The van der Waals surface area contributed by atoms with E-state index in [0.717, 1.165) is 22.1 Å². The van der Waals surface area contributed by atoms with Gasteiger partial charge in [0.05, 0.1) is 5.52 Å². The maximum atomic E-state index is 5.90. The molecule has 2 aromatic carbocycles. The standard InChI is InChI=1S/C15H9ClN4/c16-11-7-5-10(6-8-11)14-18-15-12-3-1-2-4-13(12)17-9-20(15)19-14/h1-9H. The summed E-state index contributed by atoms with van der Waals surface area (Å²) < 4.78 is 1.70. The summed E-state index contributed by atoms with van der Waals surface area (Å²) in [4.78, 5) is 8.98. The smallest absolute Gasteiger partial charge is 0.182 e. The minimum absolute atomic E-state index is 0.666. The van der Waals surface area contributed by atoms with Crippen molar-refractivity contribution >= 4 is 28.2 Å². The Labute approximate surface area is 119 Å². The highest BCUT2D eigenvalue weighted by molar-refractivity contribution is 6.30. The van der Waals surface area contributed by atoms with Crippen molar-refractivity contribution in [1.29, 1.82) is 0 Å². The molecule has 0 amide bonds. The van der Waals surface area contributed by atoms with Gasteiger partial charge in [0.2, 0.25) is 0 Å².